The molecule has 0 aromatic rings. The number of hydrogen-bond donors (Lipinski definition) is 9. The SMILES string of the molecule is CCCCCCC/C=C\C/C=C\C/C=C\CCCCCCCCCCCCCCC(=O)NC(COC1OC(CO)C(OC2OC(CO)C(O)C(O)C2O)C(O)C1O)C(O)CCCCCCCCCCCCCCCCCCCCCCCCCCCCCCCCC. The molecule has 0 aromatic carbocycles. The van der Waals surface area contributed by atoms with Crippen molar-refractivity contribution in [2.24, 2.45) is 0 Å². The van der Waals surface area contributed by atoms with E-state index in [-0.39, 0.29) is 12.5 Å². The summed E-state index contributed by atoms with van der Waals surface area (Å²) in [5.74, 6) is -0.203. The van der Waals surface area contributed by atoms with Gasteiger partial charge in [-0.2, -0.15) is 0 Å². The molecule has 0 spiro atoms. The van der Waals surface area contributed by atoms with Gasteiger partial charge in [0.1, 0.15) is 48.8 Å². The summed E-state index contributed by atoms with van der Waals surface area (Å²) in [4.78, 5) is 13.4. The van der Waals surface area contributed by atoms with Gasteiger partial charge in [0.25, 0.3) is 0 Å². The van der Waals surface area contributed by atoms with Crippen molar-refractivity contribution >= 4 is 5.91 Å². The van der Waals surface area contributed by atoms with Crippen LogP contribution in [0, 0.1) is 0 Å². The zero-order valence-corrected chi connectivity index (χ0v) is 59.3. The monoisotopic (exact) mass is 1310 g/mol. The predicted molar refractivity (Wildman–Crippen MR) is 378 cm³/mol. The van der Waals surface area contributed by atoms with Crippen LogP contribution in [0.3, 0.4) is 0 Å². The standard InChI is InChI=1S/C78H147NO13/c1-3-5-7-9-11-13-15-17-19-21-23-25-27-29-31-32-33-34-36-37-39-41-43-45-47-49-51-53-55-57-59-61-67(82)66(65-89-77-75(88)73(86)76(69(64-81)91-77)92-78-74(87)72(85)71(84)68(63-80)90-78)79-70(83)62-60-58-56-54-52-50-48-46-44-42-40-38-35-30-28-26-24-22-20-18-16-14-12-10-8-6-4-2/h16,18,22,24,28,30,66-69,71-78,80-82,84-88H,3-15,17,19-21,23,25-27,29,31-65H2,1-2H3,(H,79,83)/b18-16-,24-22-,30-28-. The molecule has 2 rings (SSSR count). The molecule has 92 heavy (non-hydrogen) atoms. The van der Waals surface area contributed by atoms with E-state index in [0.717, 1.165) is 64.2 Å². The van der Waals surface area contributed by atoms with Crippen LogP contribution >= 0.6 is 0 Å². The number of hydrogen-bond acceptors (Lipinski definition) is 13. The van der Waals surface area contributed by atoms with Crippen LogP contribution in [0.5, 0.6) is 0 Å². The lowest BCUT2D eigenvalue weighted by atomic mass is 9.97. The number of nitrogens with one attached hydrogen (secondary N) is 1. The number of aliphatic hydroxyl groups excluding tert-OH is 8. The molecule has 2 saturated heterocycles. The molecule has 0 aliphatic carbocycles. The van der Waals surface area contributed by atoms with Gasteiger partial charge in [-0.15, -0.1) is 0 Å². The maximum atomic E-state index is 13.4. The Balaban J connectivity index is 1.62. The maximum Gasteiger partial charge on any atom is 0.220 e. The highest BCUT2D eigenvalue weighted by atomic mass is 16.7. The lowest BCUT2D eigenvalue weighted by molar-refractivity contribution is -0.359. The van der Waals surface area contributed by atoms with E-state index in [2.05, 4.69) is 55.6 Å². The molecule has 2 heterocycles. The molecule has 12 atom stereocenters. The van der Waals surface area contributed by atoms with Gasteiger partial charge in [0, 0.05) is 6.42 Å². The fourth-order valence-electron chi connectivity index (χ4n) is 13.1. The second-order valence-electron chi connectivity index (χ2n) is 27.8. The van der Waals surface area contributed by atoms with Gasteiger partial charge in [-0.05, 0) is 51.4 Å². The molecule has 2 fully saturated rings. The minimum Gasteiger partial charge on any atom is -0.394 e. The normalized spacial score (nSPS) is 22.8. The van der Waals surface area contributed by atoms with Crippen molar-refractivity contribution in [1.29, 1.82) is 0 Å². The zero-order valence-electron chi connectivity index (χ0n) is 59.3. The van der Waals surface area contributed by atoms with Crippen molar-refractivity contribution in [3.8, 4) is 0 Å². The number of rotatable bonds is 66. The summed E-state index contributed by atoms with van der Waals surface area (Å²) in [7, 11) is 0. The number of amides is 1. The van der Waals surface area contributed by atoms with Crippen molar-refractivity contribution in [2.45, 2.75) is 434 Å². The Bertz CT molecular complexity index is 1680. The van der Waals surface area contributed by atoms with Crippen LogP contribution in [0.1, 0.15) is 361 Å². The third kappa shape index (κ3) is 45.7. The molecule has 12 unspecified atom stereocenters. The highest BCUT2D eigenvalue weighted by Crippen LogP contribution is 2.30. The minimum atomic E-state index is -1.78. The fraction of sp³-hybridized carbons (Fsp3) is 0.910. The fourth-order valence-corrected chi connectivity index (χ4v) is 13.1. The molecule has 542 valence electrons. The van der Waals surface area contributed by atoms with Crippen LogP contribution in [0.25, 0.3) is 0 Å². The van der Waals surface area contributed by atoms with E-state index in [1.807, 2.05) is 0 Å². The van der Waals surface area contributed by atoms with Gasteiger partial charge in [0.05, 0.1) is 32.0 Å². The largest absolute Gasteiger partial charge is 0.394 e. The number of unbranched alkanes of at least 4 members (excludes halogenated alkanes) is 47. The van der Waals surface area contributed by atoms with Crippen LogP contribution in [0.4, 0.5) is 0 Å². The molecule has 9 N–H and O–H groups in total. The smallest absolute Gasteiger partial charge is 0.220 e. The van der Waals surface area contributed by atoms with E-state index < -0.39 is 86.8 Å². The number of allylic oxidation sites excluding steroid dienone is 6. The first kappa shape index (κ1) is 86.3. The van der Waals surface area contributed by atoms with Crippen LogP contribution < -0.4 is 5.32 Å². The lowest BCUT2D eigenvalue weighted by Gasteiger charge is -2.46. The van der Waals surface area contributed by atoms with Crippen molar-refractivity contribution < 1.29 is 64.6 Å². The summed E-state index contributed by atoms with van der Waals surface area (Å²) in [6.45, 7) is 2.91. The van der Waals surface area contributed by atoms with Gasteiger partial charge in [-0.25, -0.2) is 0 Å². The Hall–Kier alpha value is -1.79. The van der Waals surface area contributed by atoms with E-state index in [4.69, 9.17) is 18.9 Å². The zero-order chi connectivity index (χ0) is 66.6. The second kappa shape index (κ2) is 62.7. The van der Waals surface area contributed by atoms with Crippen LogP contribution in [-0.4, -0.2) is 140 Å². The first-order valence-corrected chi connectivity index (χ1v) is 39.2. The van der Waals surface area contributed by atoms with Gasteiger partial charge in [0.15, 0.2) is 12.6 Å². The van der Waals surface area contributed by atoms with Crippen LogP contribution in [-0.2, 0) is 23.7 Å². The summed E-state index contributed by atoms with van der Waals surface area (Å²) in [6.07, 6.45) is 64.6. The van der Waals surface area contributed by atoms with Gasteiger partial charge in [-0.3, -0.25) is 4.79 Å². The van der Waals surface area contributed by atoms with Gasteiger partial charge in [-0.1, -0.05) is 339 Å². The average molecular weight is 1310 g/mol. The van der Waals surface area contributed by atoms with Gasteiger partial charge < -0.3 is 65.1 Å². The Morgan fingerprint density at radius 3 is 1.10 bits per heavy atom. The minimum absolute atomic E-state index is 0.203. The van der Waals surface area contributed by atoms with E-state index in [1.54, 1.807) is 0 Å². The second-order valence-corrected chi connectivity index (χ2v) is 27.8. The quantitative estimate of drug-likeness (QED) is 0.0204. The third-order valence-electron chi connectivity index (χ3n) is 19.4. The van der Waals surface area contributed by atoms with E-state index >= 15 is 0 Å². The summed E-state index contributed by atoms with van der Waals surface area (Å²) in [6, 6.07) is -0.832. The van der Waals surface area contributed by atoms with Crippen LogP contribution in [0.15, 0.2) is 36.5 Å². The van der Waals surface area contributed by atoms with Crippen LogP contribution in [0.2, 0.25) is 0 Å². The molecule has 2 aliphatic rings. The summed E-state index contributed by atoms with van der Waals surface area (Å²) < 4.78 is 23.0. The number of ether oxygens (including phenoxy) is 4. The molecule has 0 bridgehead atoms. The van der Waals surface area contributed by atoms with E-state index in [1.165, 1.54) is 270 Å². The Labute approximate surface area is 563 Å². The molecule has 1 amide bonds. The molecule has 0 radical (unpaired) electrons. The van der Waals surface area contributed by atoms with Crippen molar-refractivity contribution in [2.75, 3.05) is 19.8 Å². The Morgan fingerprint density at radius 1 is 0.391 bits per heavy atom. The summed E-state index contributed by atoms with van der Waals surface area (Å²) >= 11 is 0. The average Bonchev–Trinajstić information content (AvgIpc) is 0.882. The first-order chi connectivity index (χ1) is 45.1. The van der Waals surface area contributed by atoms with Gasteiger partial charge >= 0.3 is 0 Å². The number of carbonyl (C=O) groups excluding carboxylic acids is 1. The molecule has 14 heteroatoms. The third-order valence-corrected chi connectivity index (χ3v) is 19.4. The molecule has 2 aliphatic heterocycles. The predicted octanol–water partition coefficient (Wildman–Crippen LogP) is 17.2. The van der Waals surface area contributed by atoms with E-state index in [9.17, 15) is 45.6 Å². The Kier molecular flexibility index (Phi) is 58.8. The number of carbonyl (C=O) groups is 1. The summed E-state index contributed by atoms with van der Waals surface area (Å²) in [5, 5.41) is 87.8. The van der Waals surface area contributed by atoms with Gasteiger partial charge in [0.2, 0.25) is 5.91 Å². The molecule has 0 saturated carbocycles. The lowest BCUT2D eigenvalue weighted by Crippen LogP contribution is -2.65. The van der Waals surface area contributed by atoms with Crippen molar-refractivity contribution in [3.05, 3.63) is 36.5 Å². The van der Waals surface area contributed by atoms with E-state index in [0.29, 0.717) is 12.8 Å². The topological polar surface area (TPSA) is 228 Å². The maximum absolute atomic E-state index is 13.4. The molecule has 14 nitrogen and oxygen atoms in total. The molecular formula is C78H147NO13. The highest BCUT2D eigenvalue weighted by molar-refractivity contribution is 5.76. The Morgan fingerprint density at radius 2 is 0.717 bits per heavy atom. The summed E-state index contributed by atoms with van der Waals surface area (Å²) in [5.41, 5.74) is 0. The molecular weight excluding hydrogens is 1160 g/mol. The van der Waals surface area contributed by atoms with Crippen molar-refractivity contribution in [3.63, 3.8) is 0 Å². The highest BCUT2D eigenvalue weighted by Gasteiger charge is 2.51. The van der Waals surface area contributed by atoms with Crippen molar-refractivity contribution in [1.82, 2.24) is 5.32 Å². The first-order valence-electron chi connectivity index (χ1n) is 39.2. The number of aliphatic hydroxyl groups is 8. The molecule has 0 aromatic heterocycles.